The van der Waals surface area contributed by atoms with E-state index in [4.69, 9.17) is 4.74 Å². The van der Waals surface area contributed by atoms with Gasteiger partial charge >= 0.3 is 0 Å². The summed E-state index contributed by atoms with van der Waals surface area (Å²) < 4.78 is 5.17. The van der Waals surface area contributed by atoms with E-state index in [1.807, 2.05) is 0 Å². The molecule has 104 valence electrons. The van der Waals surface area contributed by atoms with Crippen molar-refractivity contribution in [2.75, 3.05) is 25.6 Å². The minimum Gasteiger partial charge on any atom is -0.385 e. The average Bonchev–Trinajstić information content (AvgIpc) is 2.83. The van der Waals surface area contributed by atoms with Crippen molar-refractivity contribution in [3.05, 3.63) is 53.6 Å². The predicted molar refractivity (Wildman–Crippen MR) is 84.2 cm³/mol. The van der Waals surface area contributed by atoms with Gasteiger partial charge in [0.15, 0.2) is 0 Å². The van der Waals surface area contributed by atoms with E-state index in [0.29, 0.717) is 5.92 Å². The third kappa shape index (κ3) is 2.56. The van der Waals surface area contributed by atoms with E-state index >= 15 is 0 Å². The summed E-state index contributed by atoms with van der Waals surface area (Å²) in [5, 5.41) is 3.51. The third-order valence-corrected chi connectivity index (χ3v) is 3.90. The molecule has 1 unspecified atom stereocenters. The molecule has 2 nitrogen and oxygen atoms in total. The summed E-state index contributed by atoms with van der Waals surface area (Å²) in [4.78, 5) is 0. The van der Waals surface area contributed by atoms with Crippen LogP contribution in [0.1, 0.15) is 18.1 Å². The summed E-state index contributed by atoms with van der Waals surface area (Å²) in [5.74, 6) is 0.519. The molecular formula is C18H21NO. The molecule has 0 fully saturated rings. The number of anilines is 1. The Hall–Kier alpha value is -1.80. The second kappa shape index (κ2) is 5.68. The fourth-order valence-corrected chi connectivity index (χ4v) is 2.89. The lowest BCUT2D eigenvalue weighted by Gasteiger charge is -2.13. The number of fused-ring (bicyclic) bond motifs is 3. The molecule has 20 heavy (non-hydrogen) atoms. The van der Waals surface area contributed by atoms with E-state index in [1.165, 1.54) is 27.9 Å². The minimum absolute atomic E-state index is 0.519. The highest BCUT2D eigenvalue weighted by Crippen LogP contribution is 2.37. The number of nitrogens with one attached hydrogen (secondary N) is 1. The van der Waals surface area contributed by atoms with E-state index in [0.717, 1.165) is 19.6 Å². The second-order valence-corrected chi connectivity index (χ2v) is 5.65. The maximum absolute atomic E-state index is 5.17. The van der Waals surface area contributed by atoms with Gasteiger partial charge in [-0.2, -0.15) is 0 Å². The summed E-state index contributed by atoms with van der Waals surface area (Å²) in [6.45, 7) is 3.93. The molecular weight excluding hydrogens is 246 g/mol. The van der Waals surface area contributed by atoms with Gasteiger partial charge in [0.05, 0.1) is 6.61 Å². The van der Waals surface area contributed by atoms with Crippen molar-refractivity contribution < 1.29 is 4.74 Å². The van der Waals surface area contributed by atoms with Crippen LogP contribution in [0.5, 0.6) is 0 Å². The van der Waals surface area contributed by atoms with Gasteiger partial charge in [0.25, 0.3) is 0 Å². The zero-order chi connectivity index (χ0) is 13.9. The molecule has 0 amide bonds. The van der Waals surface area contributed by atoms with Crippen LogP contribution in [0.3, 0.4) is 0 Å². The van der Waals surface area contributed by atoms with Crippen molar-refractivity contribution in [1.29, 1.82) is 0 Å². The fraction of sp³-hybridized carbons (Fsp3) is 0.333. The molecule has 1 N–H and O–H groups in total. The molecule has 0 saturated heterocycles. The maximum Gasteiger partial charge on any atom is 0.0504 e. The highest BCUT2D eigenvalue weighted by atomic mass is 16.5. The Bertz CT molecular complexity index is 606. The van der Waals surface area contributed by atoms with Crippen LogP contribution in [0.25, 0.3) is 11.1 Å². The van der Waals surface area contributed by atoms with Crippen LogP contribution in [-0.4, -0.2) is 20.3 Å². The number of hydrogen-bond donors (Lipinski definition) is 1. The van der Waals surface area contributed by atoms with Crippen molar-refractivity contribution in [2.24, 2.45) is 5.92 Å². The van der Waals surface area contributed by atoms with Crippen molar-refractivity contribution in [1.82, 2.24) is 0 Å². The van der Waals surface area contributed by atoms with Gasteiger partial charge in [-0.3, -0.25) is 0 Å². The first-order valence-corrected chi connectivity index (χ1v) is 7.22. The quantitative estimate of drug-likeness (QED) is 0.755. The number of ether oxygens (including phenoxy) is 1. The van der Waals surface area contributed by atoms with Crippen molar-refractivity contribution in [3.63, 3.8) is 0 Å². The smallest absolute Gasteiger partial charge is 0.0504 e. The SMILES string of the molecule is COCC(C)CNc1ccc2c(c1)Cc1ccccc1-2. The molecule has 1 atom stereocenters. The van der Waals surface area contributed by atoms with Gasteiger partial charge in [-0.05, 0) is 46.7 Å². The zero-order valence-corrected chi connectivity index (χ0v) is 12.1. The number of methoxy groups -OCH3 is 1. The van der Waals surface area contributed by atoms with E-state index in [1.54, 1.807) is 7.11 Å². The molecule has 1 aliphatic rings. The van der Waals surface area contributed by atoms with Crippen LogP contribution in [-0.2, 0) is 11.2 Å². The third-order valence-electron chi connectivity index (χ3n) is 3.90. The van der Waals surface area contributed by atoms with Gasteiger partial charge in [-0.1, -0.05) is 37.3 Å². The van der Waals surface area contributed by atoms with E-state index < -0.39 is 0 Å². The van der Waals surface area contributed by atoms with Crippen molar-refractivity contribution in [3.8, 4) is 11.1 Å². The summed E-state index contributed by atoms with van der Waals surface area (Å²) in [6.07, 6.45) is 1.05. The lowest BCUT2D eigenvalue weighted by Crippen LogP contribution is -2.15. The summed E-state index contributed by atoms with van der Waals surface area (Å²) in [6, 6.07) is 15.4. The lowest BCUT2D eigenvalue weighted by atomic mass is 10.1. The number of hydrogen-bond acceptors (Lipinski definition) is 2. The molecule has 0 spiro atoms. The Balaban J connectivity index is 1.74. The standard InChI is InChI=1S/C18H21NO/c1-13(12-20-2)11-19-16-7-8-18-15(10-16)9-14-5-3-4-6-17(14)18/h3-8,10,13,19H,9,11-12H2,1-2H3. The first kappa shape index (κ1) is 13.2. The van der Waals surface area contributed by atoms with Gasteiger partial charge in [0.2, 0.25) is 0 Å². The van der Waals surface area contributed by atoms with Crippen molar-refractivity contribution in [2.45, 2.75) is 13.3 Å². The predicted octanol–water partition coefficient (Wildman–Crippen LogP) is 3.95. The Kier molecular flexibility index (Phi) is 3.75. The number of benzene rings is 2. The Morgan fingerprint density at radius 3 is 2.75 bits per heavy atom. The van der Waals surface area contributed by atoms with E-state index in [-0.39, 0.29) is 0 Å². The van der Waals surface area contributed by atoms with Crippen LogP contribution in [0.2, 0.25) is 0 Å². The normalized spacial score (nSPS) is 13.7. The second-order valence-electron chi connectivity index (χ2n) is 5.65. The van der Waals surface area contributed by atoms with Crippen LogP contribution >= 0.6 is 0 Å². The first-order valence-electron chi connectivity index (χ1n) is 7.22. The van der Waals surface area contributed by atoms with Gasteiger partial charge in [0.1, 0.15) is 0 Å². The van der Waals surface area contributed by atoms with E-state index in [2.05, 4.69) is 54.7 Å². The lowest BCUT2D eigenvalue weighted by molar-refractivity contribution is 0.164. The van der Waals surface area contributed by atoms with Crippen molar-refractivity contribution >= 4 is 5.69 Å². The Labute approximate surface area is 120 Å². The molecule has 2 aromatic rings. The molecule has 0 heterocycles. The first-order chi connectivity index (χ1) is 9.78. The van der Waals surface area contributed by atoms with Crippen LogP contribution in [0.4, 0.5) is 5.69 Å². The molecule has 2 heteroatoms. The number of rotatable bonds is 5. The Morgan fingerprint density at radius 2 is 1.90 bits per heavy atom. The molecule has 0 radical (unpaired) electrons. The molecule has 1 aliphatic carbocycles. The molecule has 0 aromatic heterocycles. The van der Waals surface area contributed by atoms with Gasteiger partial charge < -0.3 is 10.1 Å². The topological polar surface area (TPSA) is 21.3 Å². The van der Waals surface area contributed by atoms with Gasteiger partial charge in [0, 0.05) is 19.3 Å². The molecule has 0 aliphatic heterocycles. The highest BCUT2D eigenvalue weighted by Gasteiger charge is 2.17. The molecule has 2 aromatic carbocycles. The monoisotopic (exact) mass is 267 g/mol. The molecule has 0 bridgehead atoms. The van der Waals surface area contributed by atoms with Crippen LogP contribution < -0.4 is 5.32 Å². The highest BCUT2D eigenvalue weighted by molar-refractivity contribution is 5.78. The van der Waals surface area contributed by atoms with Crippen LogP contribution in [0.15, 0.2) is 42.5 Å². The average molecular weight is 267 g/mol. The largest absolute Gasteiger partial charge is 0.385 e. The summed E-state index contributed by atoms with van der Waals surface area (Å²) in [7, 11) is 1.75. The zero-order valence-electron chi connectivity index (χ0n) is 12.1. The van der Waals surface area contributed by atoms with E-state index in [9.17, 15) is 0 Å². The van der Waals surface area contributed by atoms with Gasteiger partial charge in [-0.15, -0.1) is 0 Å². The van der Waals surface area contributed by atoms with Gasteiger partial charge in [-0.25, -0.2) is 0 Å². The van der Waals surface area contributed by atoms with Crippen LogP contribution in [0, 0.1) is 5.92 Å². The minimum atomic E-state index is 0.519. The fourth-order valence-electron chi connectivity index (χ4n) is 2.89. The molecule has 3 rings (SSSR count). The maximum atomic E-state index is 5.17. The summed E-state index contributed by atoms with van der Waals surface area (Å²) >= 11 is 0. The molecule has 0 saturated carbocycles. The Morgan fingerprint density at radius 1 is 1.10 bits per heavy atom. The summed E-state index contributed by atoms with van der Waals surface area (Å²) in [5.41, 5.74) is 6.85.